The lowest BCUT2D eigenvalue weighted by atomic mass is 10.3. The Morgan fingerprint density at radius 2 is 2.38 bits per heavy atom. The predicted molar refractivity (Wildman–Crippen MR) is 60.8 cm³/mol. The number of nitrogens with one attached hydrogen (secondary N) is 1. The number of nitrogens with zero attached hydrogens (tertiary/aromatic N) is 3. The third-order valence-corrected chi connectivity index (χ3v) is 2.76. The van der Waals surface area contributed by atoms with Crippen LogP contribution in [-0.4, -0.2) is 39.5 Å². The van der Waals surface area contributed by atoms with Gasteiger partial charge >= 0.3 is 0 Å². The number of rotatable bonds is 3. The molecule has 0 saturated heterocycles. The van der Waals surface area contributed by atoms with Crippen LogP contribution in [0.1, 0.15) is 19.7 Å². The molecule has 1 N–H and O–H groups in total. The molecule has 1 aliphatic rings. The van der Waals surface area contributed by atoms with Crippen molar-refractivity contribution >= 4 is 5.91 Å². The molecule has 16 heavy (non-hydrogen) atoms. The molecule has 0 spiro atoms. The number of amides is 1. The lowest BCUT2D eigenvalue weighted by Gasteiger charge is -2.28. The summed E-state index contributed by atoms with van der Waals surface area (Å²) in [6.45, 7) is 6.75. The summed E-state index contributed by atoms with van der Waals surface area (Å²) in [7, 11) is 0. The minimum Gasteiger partial charge on any atom is -0.332 e. The molecule has 2 rings (SSSR count). The Bertz CT molecular complexity index is 372. The van der Waals surface area contributed by atoms with Crippen molar-refractivity contribution in [2.24, 2.45) is 0 Å². The Morgan fingerprint density at radius 1 is 1.56 bits per heavy atom. The normalized spacial score (nSPS) is 15.3. The minimum atomic E-state index is 0.156. The summed E-state index contributed by atoms with van der Waals surface area (Å²) in [6.07, 6.45) is 3.75. The second-order valence-electron chi connectivity index (χ2n) is 4.39. The van der Waals surface area contributed by atoms with Crippen LogP contribution in [0.3, 0.4) is 0 Å². The summed E-state index contributed by atoms with van der Waals surface area (Å²) >= 11 is 0. The Hall–Kier alpha value is -1.36. The van der Waals surface area contributed by atoms with E-state index in [1.54, 1.807) is 6.20 Å². The van der Waals surface area contributed by atoms with Crippen molar-refractivity contribution in [2.45, 2.75) is 33.0 Å². The van der Waals surface area contributed by atoms with E-state index >= 15 is 0 Å². The molecule has 0 radical (unpaired) electrons. The largest absolute Gasteiger partial charge is 0.332 e. The van der Waals surface area contributed by atoms with Gasteiger partial charge in [0.2, 0.25) is 5.91 Å². The highest BCUT2D eigenvalue weighted by atomic mass is 16.2. The van der Waals surface area contributed by atoms with E-state index in [2.05, 4.69) is 14.9 Å². The van der Waals surface area contributed by atoms with Crippen molar-refractivity contribution in [3.63, 3.8) is 0 Å². The van der Waals surface area contributed by atoms with Crippen molar-refractivity contribution < 1.29 is 4.79 Å². The molecule has 5 nitrogen and oxygen atoms in total. The molecule has 0 aliphatic carbocycles. The third-order valence-electron chi connectivity index (χ3n) is 2.76. The van der Waals surface area contributed by atoms with E-state index in [0.717, 1.165) is 18.9 Å². The summed E-state index contributed by atoms with van der Waals surface area (Å²) in [4.78, 5) is 18.0. The van der Waals surface area contributed by atoms with E-state index in [1.807, 2.05) is 24.9 Å². The van der Waals surface area contributed by atoms with E-state index in [1.165, 1.54) is 0 Å². The molecule has 1 aromatic rings. The summed E-state index contributed by atoms with van der Waals surface area (Å²) < 4.78 is 2.10. The number of fused-ring (bicyclic) bond motifs is 1. The molecule has 1 aliphatic heterocycles. The number of aromatic nitrogens is 2. The van der Waals surface area contributed by atoms with E-state index in [0.29, 0.717) is 19.1 Å². The second-order valence-corrected chi connectivity index (χ2v) is 4.39. The number of carbonyl (C=O) groups is 1. The fourth-order valence-corrected chi connectivity index (χ4v) is 1.79. The van der Waals surface area contributed by atoms with Gasteiger partial charge in [-0.3, -0.25) is 4.79 Å². The summed E-state index contributed by atoms with van der Waals surface area (Å²) in [6, 6.07) is 0.343. The van der Waals surface area contributed by atoms with Crippen LogP contribution in [0.4, 0.5) is 0 Å². The number of carbonyl (C=O) groups excluding carboxylic acids is 1. The van der Waals surface area contributed by atoms with Crippen molar-refractivity contribution in [3.05, 3.63) is 18.2 Å². The average Bonchev–Trinajstić information content (AvgIpc) is 2.72. The van der Waals surface area contributed by atoms with E-state index in [-0.39, 0.29) is 5.91 Å². The molecule has 0 unspecified atom stereocenters. The van der Waals surface area contributed by atoms with E-state index in [4.69, 9.17) is 0 Å². The van der Waals surface area contributed by atoms with Gasteiger partial charge in [-0.25, -0.2) is 4.98 Å². The van der Waals surface area contributed by atoms with Crippen LogP contribution in [0, 0.1) is 0 Å². The zero-order valence-corrected chi connectivity index (χ0v) is 9.81. The summed E-state index contributed by atoms with van der Waals surface area (Å²) in [5.74, 6) is 1.13. The van der Waals surface area contributed by atoms with Gasteiger partial charge in [-0.15, -0.1) is 0 Å². The van der Waals surface area contributed by atoms with Crippen LogP contribution in [0.15, 0.2) is 12.4 Å². The topological polar surface area (TPSA) is 50.2 Å². The van der Waals surface area contributed by atoms with Gasteiger partial charge in [0.15, 0.2) is 0 Å². The molecule has 0 saturated carbocycles. The molecule has 0 bridgehead atoms. The zero-order chi connectivity index (χ0) is 11.5. The Balaban J connectivity index is 1.90. The number of hydrogen-bond donors (Lipinski definition) is 1. The molecule has 1 aromatic heterocycles. The van der Waals surface area contributed by atoms with Gasteiger partial charge in [-0.2, -0.15) is 0 Å². The SMILES string of the molecule is CC(C)NCC(=O)N1CCn2ccnc2C1. The molecule has 5 heteroatoms. The Labute approximate surface area is 95.5 Å². The predicted octanol–water partition coefficient (Wildman–Crippen LogP) is 0.223. The first-order valence-electron chi connectivity index (χ1n) is 5.68. The van der Waals surface area contributed by atoms with Crippen molar-refractivity contribution in [1.29, 1.82) is 0 Å². The summed E-state index contributed by atoms with van der Waals surface area (Å²) in [5, 5.41) is 3.14. The maximum absolute atomic E-state index is 11.9. The summed E-state index contributed by atoms with van der Waals surface area (Å²) in [5.41, 5.74) is 0. The Morgan fingerprint density at radius 3 is 3.12 bits per heavy atom. The first kappa shape index (κ1) is 11.1. The van der Waals surface area contributed by atoms with Gasteiger partial charge in [-0.1, -0.05) is 13.8 Å². The fourth-order valence-electron chi connectivity index (χ4n) is 1.79. The maximum atomic E-state index is 11.9. The first-order chi connectivity index (χ1) is 7.66. The fraction of sp³-hybridized carbons (Fsp3) is 0.636. The van der Waals surface area contributed by atoms with Gasteiger partial charge in [0.1, 0.15) is 5.82 Å². The lowest BCUT2D eigenvalue weighted by molar-refractivity contribution is -0.131. The van der Waals surface area contributed by atoms with E-state index in [9.17, 15) is 4.79 Å². The second kappa shape index (κ2) is 4.65. The molecule has 0 atom stereocenters. The maximum Gasteiger partial charge on any atom is 0.237 e. The highest BCUT2D eigenvalue weighted by molar-refractivity contribution is 5.78. The quantitative estimate of drug-likeness (QED) is 0.796. The number of hydrogen-bond acceptors (Lipinski definition) is 3. The standard InChI is InChI=1S/C11H18N4O/c1-9(2)13-7-11(16)15-6-5-14-4-3-12-10(14)8-15/h3-4,9,13H,5-8H2,1-2H3. The average molecular weight is 222 g/mol. The van der Waals surface area contributed by atoms with Crippen LogP contribution >= 0.6 is 0 Å². The first-order valence-corrected chi connectivity index (χ1v) is 5.68. The van der Waals surface area contributed by atoms with Gasteiger partial charge in [0.25, 0.3) is 0 Å². The molecule has 2 heterocycles. The number of imidazole rings is 1. The third kappa shape index (κ3) is 2.41. The zero-order valence-electron chi connectivity index (χ0n) is 9.81. The van der Waals surface area contributed by atoms with Crippen LogP contribution in [-0.2, 0) is 17.9 Å². The van der Waals surface area contributed by atoms with E-state index < -0.39 is 0 Å². The minimum absolute atomic E-state index is 0.156. The van der Waals surface area contributed by atoms with Gasteiger partial charge in [0.05, 0.1) is 13.1 Å². The van der Waals surface area contributed by atoms with Crippen LogP contribution < -0.4 is 5.32 Å². The highest BCUT2D eigenvalue weighted by Gasteiger charge is 2.20. The smallest absolute Gasteiger partial charge is 0.237 e. The molecule has 1 amide bonds. The van der Waals surface area contributed by atoms with Crippen molar-refractivity contribution in [1.82, 2.24) is 19.8 Å². The molecule has 0 fully saturated rings. The van der Waals surface area contributed by atoms with Crippen LogP contribution in [0.5, 0.6) is 0 Å². The Kier molecular flexibility index (Phi) is 3.24. The highest BCUT2D eigenvalue weighted by Crippen LogP contribution is 2.09. The molecular formula is C11H18N4O. The van der Waals surface area contributed by atoms with Crippen molar-refractivity contribution in [3.8, 4) is 0 Å². The molecule has 88 valence electrons. The van der Waals surface area contributed by atoms with Crippen LogP contribution in [0.2, 0.25) is 0 Å². The molecular weight excluding hydrogens is 204 g/mol. The monoisotopic (exact) mass is 222 g/mol. The van der Waals surface area contributed by atoms with Gasteiger partial charge in [-0.05, 0) is 0 Å². The molecule has 0 aromatic carbocycles. The van der Waals surface area contributed by atoms with Crippen molar-refractivity contribution in [2.75, 3.05) is 13.1 Å². The van der Waals surface area contributed by atoms with Gasteiger partial charge in [0, 0.05) is 31.5 Å². The van der Waals surface area contributed by atoms with Crippen LogP contribution in [0.25, 0.3) is 0 Å². The lowest BCUT2D eigenvalue weighted by Crippen LogP contribution is -2.43. The van der Waals surface area contributed by atoms with Gasteiger partial charge < -0.3 is 14.8 Å².